The number of rotatable bonds is 4. The van der Waals surface area contributed by atoms with Gasteiger partial charge in [-0.25, -0.2) is 0 Å². The van der Waals surface area contributed by atoms with Gasteiger partial charge in [0, 0.05) is 42.9 Å². The van der Waals surface area contributed by atoms with E-state index in [9.17, 15) is 19.7 Å². The molecule has 0 atom stereocenters. The summed E-state index contributed by atoms with van der Waals surface area (Å²) in [5.74, 6) is -0.633. The molecule has 7 heteroatoms. The number of carbonyl (C=O) groups excluding carboxylic acids is 2. The van der Waals surface area contributed by atoms with Crippen molar-refractivity contribution in [2.45, 2.75) is 38.5 Å². The van der Waals surface area contributed by atoms with Gasteiger partial charge < -0.3 is 9.80 Å². The summed E-state index contributed by atoms with van der Waals surface area (Å²) in [5, 5.41) is 12.4. The average Bonchev–Trinajstić information content (AvgIpc) is 3.09. The van der Waals surface area contributed by atoms with Gasteiger partial charge in [-0.05, 0) is 50.7 Å². The summed E-state index contributed by atoms with van der Waals surface area (Å²) in [7, 11) is 0. The molecule has 0 saturated carbocycles. The second-order valence-electron chi connectivity index (χ2n) is 8.99. The molecule has 5 rings (SSSR count). The fourth-order valence-corrected chi connectivity index (χ4v) is 5.28. The van der Waals surface area contributed by atoms with E-state index in [2.05, 4.69) is 9.80 Å². The summed E-state index contributed by atoms with van der Waals surface area (Å²) in [6, 6.07) is 10.4. The van der Waals surface area contributed by atoms with E-state index in [-0.39, 0.29) is 27.8 Å². The molecule has 2 aromatic carbocycles. The number of carbonyl (C=O) groups is 2. The molecule has 2 saturated heterocycles. The maximum Gasteiger partial charge on any atom is 0.316 e. The van der Waals surface area contributed by atoms with Gasteiger partial charge in [-0.15, -0.1) is 0 Å². The topological polar surface area (TPSA) is 83.8 Å². The van der Waals surface area contributed by atoms with Crippen molar-refractivity contribution in [3.05, 3.63) is 68.8 Å². The molecule has 0 unspecified atom stereocenters. The van der Waals surface area contributed by atoms with Gasteiger partial charge in [0.2, 0.25) is 0 Å². The minimum absolute atomic E-state index is 0.0782. The Bertz CT molecular complexity index is 1120. The number of hydrogen-bond acceptors (Lipinski definition) is 6. The lowest BCUT2D eigenvalue weighted by atomic mass is 9.99. The van der Waals surface area contributed by atoms with Crippen molar-refractivity contribution in [2.75, 3.05) is 36.0 Å². The fourth-order valence-electron chi connectivity index (χ4n) is 5.28. The van der Waals surface area contributed by atoms with Crippen LogP contribution < -0.4 is 9.80 Å². The lowest BCUT2D eigenvalue weighted by molar-refractivity contribution is -0.383. The zero-order valence-electron chi connectivity index (χ0n) is 18.6. The Hall–Kier alpha value is -3.48. The van der Waals surface area contributed by atoms with Crippen molar-refractivity contribution in [2.24, 2.45) is 0 Å². The molecule has 1 aliphatic carbocycles. The zero-order valence-corrected chi connectivity index (χ0v) is 18.6. The summed E-state index contributed by atoms with van der Waals surface area (Å²) < 4.78 is 0. The molecule has 2 aromatic rings. The van der Waals surface area contributed by atoms with Gasteiger partial charge in [0.15, 0.2) is 11.6 Å². The number of anilines is 2. The van der Waals surface area contributed by atoms with Crippen LogP contribution in [0.1, 0.15) is 64.8 Å². The highest BCUT2D eigenvalue weighted by atomic mass is 16.6. The van der Waals surface area contributed by atoms with Crippen molar-refractivity contribution in [1.29, 1.82) is 0 Å². The molecule has 170 valence electrons. The van der Waals surface area contributed by atoms with E-state index in [1.165, 1.54) is 0 Å². The van der Waals surface area contributed by atoms with Gasteiger partial charge in [-0.2, -0.15) is 0 Å². The van der Waals surface area contributed by atoms with Crippen LogP contribution in [0.25, 0.3) is 6.08 Å². The number of fused-ring (bicyclic) bond motifs is 1. The average molecular weight is 446 g/mol. The molecule has 0 bridgehead atoms. The molecule has 2 heterocycles. The first-order valence-electron chi connectivity index (χ1n) is 11.8. The molecule has 2 aliphatic heterocycles. The van der Waals surface area contributed by atoms with Crippen molar-refractivity contribution in [3.8, 4) is 0 Å². The first-order valence-corrected chi connectivity index (χ1v) is 11.8. The van der Waals surface area contributed by atoms with Crippen LogP contribution in [0.3, 0.4) is 0 Å². The van der Waals surface area contributed by atoms with Crippen molar-refractivity contribution in [1.82, 2.24) is 0 Å². The third-order valence-electron chi connectivity index (χ3n) is 6.92. The smallest absolute Gasteiger partial charge is 0.316 e. The molecule has 0 amide bonds. The zero-order chi connectivity index (χ0) is 22.9. The number of benzene rings is 2. The first kappa shape index (κ1) is 21.4. The van der Waals surface area contributed by atoms with Crippen LogP contribution >= 0.6 is 0 Å². The number of hydrogen-bond donors (Lipinski definition) is 0. The fraction of sp³-hybridized carbons (Fsp3) is 0.385. The second-order valence-corrected chi connectivity index (χ2v) is 8.99. The Balaban J connectivity index is 1.67. The molecular weight excluding hydrogens is 418 g/mol. The normalized spacial score (nSPS) is 18.5. The Morgan fingerprint density at radius 1 is 0.758 bits per heavy atom. The molecule has 0 N–H and O–H groups in total. The van der Waals surface area contributed by atoms with E-state index < -0.39 is 0 Å². The van der Waals surface area contributed by atoms with Crippen LogP contribution in [0.2, 0.25) is 0 Å². The first-order chi connectivity index (χ1) is 16.1. The summed E-state index contributed by atoms with van der Waals surface area (Å²) in [6.07, 6.45) is 7.76. The van der Waals surface area contributed by atoms with Gasteiger partial charge in [-0.3, -0.25) is 19.7 Å². The van der Waals surface area contributed by atoms with E-state index in [0.29, 0.717) is 28.1 Å². The maximum atomic E-state index is 13.0. The molecule has 0 aromatic heterocycles. The number of allylic oxidation sites excluding steroid dienone is 1. The van der Waals surface area contributed by atoms with E-state index >= 15 is 0 Å². The molecular formula is C26H27N3O4. The SMILES string of the molecule is O=C1C(=Cc2ccc(N3CCCCC3)c([N+](=O)[O-])c2N2CCCCC2)C(=O)c2ccccc21. The largest absolute Gasteiger partial charge is 0.366 e. The minimum atomic E-state index is -0.317. The van der Waals surface area contributed by atoms with Gasteiger partial charge in [0.25, 0.3) is 0 Å². The monoisotopic (exact) mass is 445 g/mol. The lowest BCUT2D eigenvalue weighted by Gasteiger charge is -2.33. The van der Waals surface area contributed by atoms with Crippen LogP contribution in [0.15, 0.2) is 42.0 Å². The number of nitro groups is 1. The highest BCUT2D eigenvalue weighted by Crippen LogP contribution is 2.43. The summed E-state index contributed by atoms with van der Waals surface area (Å²) >= 11 is 0. The Labute approximate surface area is 192 Å². The summed E-state index contributed by atoms with van der Waals surface area (Å²) in [5.41, 5.74) is 2.69. The third-order valence-corrected chi connectivity index (χ3v) is 6.92. The van der Waals surface area contributed by atoms with E-state index in [4.69, 9.17) is 0 Å². The predicted molar refractivity (Wildman–Crippen MR) is 128 cm³/mol. The van der Waals surface area contributed by atoms with Crippen LogP contribution in [0.5, 0.6) is 0 Å². The van der Waals surface area contributed by atoms with Gasteiger partial charge in [0.05, 0.1) is 10.5 Å². The molecule has 0 spiro atoms. The predicted octanol–water partition coefficient (Wildman–Crippen LogP) is 5.04. The molecule has 0 radical (unpaired) electrons. The van der Waals surface area contributed by atoms with Crippen molar-refractivity contribution in [3.63, 3.8) is 0 Å². The number of ketones is 2. The lowest BCUT2D eigenvalue weighted by Crippen LogP contribution is -2.33. The van der Waals surface area contributed by atoms with Crippen LogP contribution in [0, 0.1) is 10.1 Å². The van der Waals surface area contributed by atoms with Gasteiger partial charge in [-0.1, -0.05) is 30.3 Å². The van der Waals surface area contributed by atoms with Crippen LogP contribution in [0.4, 0.5) is 17.1 Å². The Kier molecular flexibility index (Phi) is 5.70. The molecule has 3 aliphatic rings. The quantitative estimate of drug-likeness (QED) is 0.284. The van der Waals surface area contributed by atoms with E-state index in [0.717, 1.165) is 64.7 Å². The standard InChI is InChI=1S/C26H27N3O4/c30-25-19-9-3-4-10-20(19)26(31)21(25)17-18-11-12-22(27-13-5-1-6-14-27)24(29(32)33)23(18)28-15-7-2-8-16-28/h3-4,9-12,17H,1-2,5-8,13-16H2. The Morgan fingerprint density at radius 3 is 1.85 bits per heavy atom. The summed E-state index contributed by atoms with van der Waals surface area (Å²) in [6.45, 7) is 3.05. The van der Waals surface area contributed by atoms with E-state index in [1.54, 1.807) is 36.4 Å². The number of Topliss-reactive ketones (excluding diaryl/α,β-unsaturated/α-hetero) is 2. The summed E-state index contributed by atoms with van der Waals surface area (Å²) in [4.78, 5) is 42.3. The second kappa shape index (κ2) is 8.81. The van der Waals surface area contributed by atoms with Crippen LogP contribution in [-0.2, 0) is 0 Å². The highest BCUT2D eigenvalue weighted by molar-refractivity contribution is 6.41. The number of nitro benzene ring substituents is 1. The van der Waals surface area contributed by atoms with E-state index in [1.807, 2.05) is 6.07 Å². The molecule has 33 heavy (non-hydrogen) atoms. The van der Waals surface area contributed by atoms with Crippen LogP contribution in [-0.4, -0.2) is 42.7 Å². The highest BCUT2D eigenvalue weighted by Gasteiger charge is 2.35. The Morgan fingerprint density at radius 2 is 1.30 bits per heavy atom. The minimum Gasteiger partial charge on any atom is -0.366 e. The van der Waals surface area contributed by atoms with Gasteiger partial charge in [0.1, 0.15) is 11.4 Å². The van der Waals surface area contributed by atoms with Gasteiger partial charge >= 0.3 is 5.69 Å². The molecule has 2 fully saturated rings. The number of nitrogens with zero attached hydrogens (tertiary/aromatic N) is 3. The number of piperidine rings is 2. The van der Waals surface area contributed by atoms with Crippen molar-refractivity contribution < 1.29 is 14.5 Å². The van der Waals surface area contributed by atoms with Crippen molar-refractivity contribution >= 4 is 34.7 Å². The molecule has 7 nitrogen and oxygen atoms in total. The maximum absolute atomic E-state index is 13.0. The third kappa shape index (κ3) is 3.81.